The lowest BCUT2D eigenvalue weighted by atomic mass is 9.91. The Hall–Kier alpha value is -1.38. The molecular weight excluding hydrogens is 200 g/mol. The number of hydrogen-bond acceptors (Lipinski definition) is 2. The molecule has 0 aliphatic heterocycles. The molecule has 0 bridgehead atoms. The summed E-state index contributed by atoms with van der Waals surface area (Å²) in [7, 11) is 0. The molecule has 1 saturated carbocycles. The predicted molar refractivity (Wildman–Crippen MR) is 64.3 cm³/mol. The Balaban J connectivity index is 2.12. The monoisotopic (exact) mass is 218 g/mol. The third-order valence-corrected chi connectivity index (χ3v) is 2.74. The van der Waals surface area contributed by atoms with Gasteiger partial charge in [0.15, 0.2) is 0 Å². The van der Waals surface area contributed by atoms with E-state index >= 15 is 0 Å². The minimum atomic E-state index is 0.0142. The molecule has 1 aliphatic carbocycles. The molecule has 3 heteroatoms. The van der Waals surface area contributed by atoms with E-state index in [1.54, 1.807) is 6.20 Å². The molecule has 1 amide bonds. The van der Waals surface area contributed by atoms with Gasteiger partial charge in [0.25, 0.3) is 0 Å². The molecule has 1 heterocycles. The normalized spacial score (nSPS) is 15.9. The quantitative estimate of drug-likeness (QED) is 0.829. The van der Waals surface area contributed by atoms with Crippen molar-refractivity contribution in [2.75, 3.05) is 5.32 Å². The number of carbonyl (C=O) groups is 1. The van der Waals surface area contributed by atoms with Crippen molar-refractivity contribution in [1.29, 1.82) is 0 Å². The van der Waals surface area contributed by atoms with Crippen molar-refractivity contribution in [2.24, 2.45) is 5.92 Å². The molecule has 0 saturated heterocycles. The molecule has 0 aromatic carbocycles. The molecule has 2 rings (SSSR count). The van der Waals surface area contributed by atoms with Gasteiger partial charge < -0.3 is 5.32 Å². The average molecular weight is 218 g/mol. The maximum Gasteiger partial charge on any atom is 0.227 e. The molecule has 1 aromatic rings. The Morgan fingerprint density at radius 1 is 1.44 bits per heavy atom. The first-order chi connectivity index (χ1) is 7.47. The van der Waals surface area contributed by atoms with Gasteiger partial charge in [-0.1, -0.05) is 20.8 Å². The molecule has 1 N–H and O–H groups in total. The van der Waals surface area contributed by atoms with Gasteiger partial charge in [0.2, 0.25) is 5.91 Å². The Labute approximate surface area is 96.3 Å². The maximum absolute atomic E-state index is 11.6. The van der Waals surface area contributed by atoms with Crippen LogP contribution in [0, 0.1) is 5.92 Å². The lowest BCUT2D eigenvalue weighted by Crippen LogP contribution is -2.16. The second-order valence-electron chi connectivity index (χ2n) is 5.44. The van der Waals surface area contributed by atoms with Crippen LogP contribution < -0.4 is 5.32 Å². The van der Waals surface area contributed by atoms with Crippen LogP contribution in [-0.2, 0) is 10.2 Å². The van der Waals surface area contributed by atoms with E-state index in [1.165, 1.54) is 0 Å². The largest absolute Gasteiger partial charge is 0.326 e. The highest BCUT2D eigenvalue weighted by Crippen LogP contribution is 2.30. The fourth-order valence-electron chi connectivity index (χ4n) is 1.51. The zero-order valence-corrected chi connectivity index (χ0v) is 10.1. The number of anilines is 1. The van der Waals surface area contributed by atoms with E-state index in [-0.39, 0.29) is 17.2 Å². The van der Waals surface area contributed by atoms with Crippen LogP contribution in [0.5, 0.6) is 0 Å². The van der Waals surface area contributed by atoms with E-state index in [4.69, 9.17) is 0 Å². The Bertz CT molecular complexity index is 403. The molecule has 1 aliphatic rings. The summed E-state index contributed by atoms with van der Waals surface area (Å²) in [6.45, 7) is 6.34. The highest BCUT2D eigenvalue weighted by atomic mass is 16.2. The van der Waals surface area contributed by atoms with Crippen LogP contribution >= 0.6 is 0 Å². The van der Waals surface area contributed by atoms with Crippen LogP contribution in [0.2, 0.25) is 0 Å². The van der Waals surface area contributed by atoms with Crippen molar-refractivity contribution in [3.05, 3.63) is 24.0 Å². The first kappa shape index (κ1) is 11.1. The number of carbonyl (C=O) groups excluding carboxylic acids is 1. The van der Waals surface area contributed by atoms with Crippen LogP contribution in [0.4, 0.5) is 5.69 Å². The topological polar surface area (TPSA) is 42.0 Å². The highest BCUT2D eigenvalue weighted by molar-refractivity contribution is 5.94. The first-order valence-corrected chi connectivity index (χ1v) is 5.74. The predicted octanol–water partition coefficient (Wildman–Crippen LogP) is 2.73. The standard InChI is InChI=1S/C13H18N2O/c1-13(2,3)11-8-10(6-7-14-11)15-12(16)9-4-5-9/h6-9H,4-5H2,1-3H3,(H,14,15,16). The Morgan fingerprint density at radius 2 is 2.12 bits per heavy atom. The summed E-state index contributed by atoms with van der Waals surface area (Å²) in [6.07, 6.45) is 3.81. The summed E-state index contributed by atoms with van der Waals surface area (Å²) in [6, 6.07) is 3.80. The Morgan fingerprint density at radius 3 is 2.69 bits per heavy atom. The van der Waals surface area contributed by atoms with Gasteiger partial charge in [-0.05, 0) is 25.0 Å². The van der Waals surface area contributed by atoms with Crippen molar-refractivity contribution in [2.45, 2.75) is 39.0 Å². The van der Waals surface area contributed by atoms with Gasteiger partial charge in [-0.25, -0.2) is 0 Å². The van der Waals surface area contributed by atoms with E-state index in [1.807, 2.05) is 12.1 Å². The van der Waals surface area contributed by atoms with Crippen molar-refractivity contribution in [3.63, 3.8) is 0 Å². The summed E-state index contributed by atoms with van der Waals surface area (Å²) < 4.78 is 0. The molecule has 1 fully saturated rings. The zero-order valence-electron chi connectivity index (χ0n) is 10.1. The fourth-order valence-corrected chi connectivity index (χ4v) is 1.51. The van der Waals surface area contributed by atoms with Gasteiger partial charge in [0.1, 0.15) is 0 Å². The lowest BCUT2D eigenvalue weighted by molar-refractivity contribution is -0.117. The average Bonchev–Trinajstić information content (AvgIpc) is 2.99. The molecule has 16 heavy (non-hydrogen) atoms. The van der Waals surface area contributed by atoms with Crippen LogP contribution in [0.15, 0.2) is 18.3 Å². The number of pyridine rings is 1. The summed E-state index contributed by atoms with van der Waals surface area (Å²) in [5.74, 6) is 0.386. The third kappa shape index (κ3) is 2.60. The van der Waals surface area contributed by atoms with Crippen molar-refractivity contribution < 1.29 is 4.79 Å². The van der Waals surface area contributed by atoms with Gasteiger partial charge in [-0.15, -0.1) is 0 Å². The smallest absolute Gasteiger partial charge is 0.227 e. The van der Waals surface area contributed by atoms with E-state index in [9.17, 15) is 4.79 Å². The van der Waals surface area contributed by atoms with Gasteiger partial charge in [0.05, 0.1) is 0 Å². The molecule has 0 unspecified atom stereocenters. The molecule has 0 radical (unpaired) electrons. The van der Waals surface area contributed by atoms with E-state index in [0.717, 1.165) is 24.2 Å². The number of nitrogens with one attached hydrogen (secondary N) is 1. The summed E-state index contributed by atoms with van der Waals surface area (Å²) in [4.78, 5) is 15.9. The van der Waals surface area contributed by atoms with Crippen LogP contribution in [-0.4, -0.2) is 10.9 Å². The minimum Gasteiger partial charge on any atom is -0.326 e. The van der Waals surface area contributed by atoms with E-state index in [0.29, 0.717) is 0 Å². The second-order valence-corrected chi connectivity index (χ2v) is 5.44. The van der Waals surface area contributed by atoms with Crippen molar-refractivity contribution in [3.8, 4) is 0 Å². The van der Waals surface area contributed by atoms with Crippen molar-refractivity contribution >= 4 is 11.6 Å². The number of nitrogens with zero attached hydrogens (tertiary/aromatic N) is 1. The number of aromatic nitrogens is 1. The van der Waals surface area contributed by atoms with Crippen LogP contribution in [0.3, 0.4) is 0 Å². The molecule has 1 aromatic heterocycles. The maximum atomic E-state index is 11.6. The van der Waals surface area contributed by atoms with E-state index < -0.39 is 0 Å². The fraction of sp³-hybridized carbons (Fsp3) is 0.538. The number of rotatable bonds is 2. The van der Waals surface area contributed by atoms with Crippen molar-refractivity contribution in [1.82, 2.24) is 4.98 Å². The van der Waals surface area contributed by atoms with E-state index in [2.05, 4.69) is 31.1 Å². The first-order valence-electron chi connectivity index (χ1n) is 5.74. The molecule has 86 valence electrons. The molecule has 3 nitrogen and oxygen atoms in total. The third-order valence-electron chi connectivity index (χ3n) is 2.74. The summed E-state index contributed by atoms with van der Waals surface area (Å²) in [5, 5.41) is 2.94. The van der Waals surface area contributed by atoms with Gasteiger partial charge >= 0.3 is 0 Å². The lowest BCUT2D eigenvalue weighted by Gasteiger charge is -2.18. The minimum absolute atomic E-state index is 0.0142. The van der Waals surface area contributed by atoms with Gasteiger partial charge in [-0.3, -0.25) is 9.78 Å². The molecular formula is C13H18N2O. The zero-order chi connectivity index (χ0) is 11.8. The SMILES string of the molecule is CC(C)(C)c1cc(NC(=O)C2CC2)ccn1. The Kier molecular flexibility index (Phi) is 2.70. The van der Waals surface area contributed by atoms with Crippen LogP contribution in [0.25, 0.3) is 0 Å². The summed E-state index contributed by atoms with van der Waals surface area (Å²) >= 11 is 0. The molecule has 0 atom stereocenters. The number of hydrogen-bond donors (Lipinski definition) is 1. The molecule has 0 spiro atoms. The van der Waals surface area contributed by atoms with Crippen LogP contribution in [0.1, 0.15) is 39.3 Å². The highest BCUT2D eigenvalue weighted by Gasteiger charge is 2.29. The summed E-state index contributed by atoms with van der Waals surface area (Å²) in [5.41, 5.74) is 1.87. The second kappa shape index (κ2) is 3.89. The van der Waals surface area contributed by atoms with Gasteiger partial charge in [-0.2, -0.15) is 0 Å². The van der Waals surface area contributed by atoms with Gasteiger partial charge in [0, 0.05) is 28.9 Å². The number of amides is 1.